The van der Waals surface area contributed by atoms with Crippen molar-refractivity contribution >= 4 is 28.6 Å². The number of nitrogens with zero attached hydrogens (tertiary/aromatic N) is 1. The Morgan fingerprint density at radius 3 is 2.06 bits per heavy atom. The lowest BCUT2D eigenvalue weighted by atomic mass is 9.92. The van der Waals surface area contributed by atoms with Crippen LogP contribution in [0.25, 0.3) is 0 Å². The van der Waals surface area contributed by atoms with Gasteiger partial charge in [-0.2, -0.15) is 0 Å². The summed E-state index contributed by atoms with van der Waals surface area (Å²) in [6.45, 7) is 0. The molecular weight excluding hydrogens is 424 g/mol. The van der Waals surface area contributed by atoms with Gasteiger partial charge in [-0.05, 0) is 77.4 Å². The number of carbonyl (C=O) groups excluding carboxylic acids is 2. The SMILES string of the molecule is O=C(C[S+]([O-])[C@H]1C(=O)N(c2ccc(F)cc2)[C@@H]1c1ccc(O)cc1)c1ccc(F)cc1. The number of halogens is 2. The molecular formula is C23H17F2NO4S. The van der Waals surface area contributed by atoms with Gasteiger partial charge in [0.15, 0.2) is 5.75 Å². The maximum absolute atomic E-state index is 13.3. The monoisotopic (exact) mass is 441 g/mol. The molecule has 8 heteroatoms. The van der Waals surface area contributed by atoms with Crippen LogP contribution in [-0.4, -0.2) is 32.4 Å². The molecule has 3 aromatic carbocycles. The minimum absolute atomic E-state index is 0.0342. The van der Waals surface area contributed by atoms with Crippen molar-refractivity contribution in [2.24, 2.45) is 0 Å². The number of carbonyl (C=O) groups is 2. The summed E-state index contributed by atoms with van der Waals surface area (Å²) in [4.78, 5) is 26.8. The Balaban J connectivity index is 1.61. The van der Waals surface area contributed by atoms with E-state index in [0.717, 1.165) is 12.1 Å². The summed E-state index contributed by atoms with van der Waals surface area (Å²) in [6.07, 6.45) is 0. The number of phenolic OH excluding ortho intramolecular Hbond substituents is 1. The molecule has 158 valence electrons. The summed E-state index contributed by atoms with van der Waals surface area (Å²) < 4.78 is 39.4. The molecule has 31 heavy (non-hydrogen) atoms. The zero-order valence-electron chi connectivity index (χ0n) is 16.1. The van der Waals surface area contributed by atoms with Crippen molar-refractivity contribution in [1.29, 1.82) is 0 Å². The molecule has 0 bridgehead atoms. The highest BCUT2D eigenvalue weighted by molar-refractivity contribution is 7.93. The summed E-state index contributed by atoms with van der Waals surface area (Å²) in [7, 11) is 0. The molecule has 0 saturated carbocycles. The highest BCUT2D eigenvalue weighted by Gasteiger charge is 2.56. The number of benzene rings is 3. The van der Waals surface area contributed by atoms with Crippen LogP contribution in [0.1, 0.15) is 22.0 Å². The lowest BCUT2D eigenvalue weighted by Gasteiger charge is -2.46. The average molecular weight is 441 g/mol. The smallest absolute Gasteiger partial charge is 0.283 e. The number of β-lactam (4-membered cyclic amide) rings is 1. The third-order valence-corrected chi connectivity index (χ3v) is 6.68. The maximum Gasteiger partial charge on any atom is 0.283 e. The fourth-order valence-electron chi connectivity index (χ4n) is 3.54. The number of aromatic hydroxyl groups is 1. The third-order valence-electron chi connectivity index (χ3n) is 5.11. The van der Waals surface area contributed by atoms with Gasteiger partial charge in [0.1, 0.15) is 23.4 Å². The van der Waals surface area contributed by atoms with E-state index in [-0.39, 0.29) is 11.3 Å². The van der Waals surface area contributed by atoms with Gasteiger partial charge >= 0.3 is 0 Å². The second-order valence-electron chi connectivity index (χ2n) is 7.10. The molecule has 1 aliphatic heterocycles. The summed E-state index contributed by atoms with van der Waals surface area (Å²) in [5, 5.41) is 8.59. The van der Waals surface area contributed by atoms with E-state index in [9.17, 15) is 28.0 Å². The minimum Gasteiger partial charge on any atom is -0.615 e. The lowest BCUT2D eigenvalue weighted by molar-refractivity contribution is -0.123. The Labute approximate surface area is 180 Å². The average Bonchev–Trinajstić information content (AvgIpc) is 2.74. The number of hydrogen-bond acceptors (Lipinski definition) is 4. The fourth-order valence-corrected chi connectivity index (χ4v) is 5.05. The number of Topliss-reactive ketones (excluding diaryl/α,β-unsaturated/α-hetero) is 1. The number of rotatable bonds is 6. The van der Waals surface area contributed by atoms with Gasteiger partial charge in [0, 0.05) is 11.3 Å². The molecule has 0 aliphatic carbocycles. The van der Waals surface area contributed by atoms with Crippen molar-refractivity contribution in [3.05, 3.63) is 95.6 Å². The normalized spacial score (nSPS) is 19.1. The molecule has 0 spiro atoms. The Morgan fingerprint density at radius 2 is 1.48 bits per heavy atom. The van der Waals surface area contributed by atoms with Gasteiger partial charge in [-0.25, -0.2) is 8.78 Å². The number of anilines is 1. The summed E-state index contributed by atoms with van der Waals surface area (Å²) in [6, 6.07) is 15.7. The molecule has 1 N–H and O–H groups in total. The Hall–Kier alpha value is -3.23. The second kappa shape index (κ2) is 8.49. The quantitative estimate of drug-likeness (QED) is 0.359. The van der Waals surface area contributed by atoms with Crippen LogP contribution in [-0.2, 0) is 16.0 Å². The molecule has 3 aromatic rings. The lowest BCUT2D eigenvalue weighted by Crippen LogP contribution is -2.63. The van der Waals surface area contributed by atoms with Gasteiger partial charge in [-0.3, -0.25) is 14.5 Å². The van der Waals surface area contributed by atoms with E-state index in [0.29, 0.717) is 11.3 Å². The number of ketones is 1. The number of phenols is 1. The van der Waals surface area contributed by atoms with Crippen molar-refractivity contribution in [3.63, 3.8) is 0 Å². The first-order valence-electron chi connectivity index (χ1n) is 9.38. The molecule has 0 radical (unpaired) electrons. The molecule has 1 amide bonds. The van der Waals surface area contributed by atoms with Crippen LogP contribution >= 0.6 is 0 Å². The Kier molecular flexibility index (Phi) is 5.75. The first-order valence-corrected chi connectivity index (χ1v) is 10.8. The van der Waals surface area contributed by atoms with Crippen LogP contribution in [0.4, 0.5) is 14.5 Å². The molecule has 1 unspecified atom stereocenters. The van der Waals surface area contributed by atoms with E-state index in [1.54, 1.807) is 12.1 Å². The van der Waals surface area contributed by atoms with E-state index < -0.39 is 51.5 Å². The van der Waals surface area contributed by atoms with Crippen molar-refractivity contribution in [2.45, 2.75) is 11.3 Å². The first-order chi connectivity index (χ1) is 14.8. The Bertz CT molecular complexity index is 1100. The number of amides is 1. The Morgan fingerprint density at radius 1 is 0.935 bits per heavy atom. The second-order valence-corrected chi connectivity index (χ2v) is 8.65. The topological polar surface area (TPSA) is 80.7 Å². The van der Waals surface area contributed by atoms with E-state index in [4.69, 9.17) is 0 Å². The number of hydrogen-bond donors (Lipinski definition) is 1. The van der Waals surface area contributed by atoms with Crippen molar-refractivity contribution in [3.8, 4) is 5.75 Å². The van der Waals surface area contributed by atoms with Crippen LogP contribution in [0.2, 0.25) is 0 Å². The fraction of sp³-hybridized carbons (Fsp3) is 0.130. The summed E-state index contributed by atoms with van der Waals surface area (Å²) >= 11 is -1.85. The maximum atomic E-state index is 13.3. The van der Waals surface area contributed by atoms with Crippen molar-refractivity contribution < 1.29 is 28.0 Å². The van der Waals surface area contributed by atoms with E-state index in [2.05, 4.69) is 0 Å². The van der Waals surface area contributed by atoms with Crippen LogP contribution in [0.3, 0.4) is 0 Å². The van der Waals surface area contributed by atoms with Crippen LogP contribution in [0, 0.1) is 11.6 Å². The van der Waals surface area contributed by atoms with E-state index >= 15 is 0 Å². The van der Waals surface area contributed by atoms with Crippen molar-refractivity contribution in [1.82, 2.24) is 0 Å². The predicted octanol–water partition coefficient (Wildman–Crippen LogP) is 3.76. The minimum atomic E-state index is -1.85. The molecule has 1 aliphatic rings. The largest absolute Gasteiger partial charge is 0.615 e. The zero-order chi connectivity index (χ0) is 22.1. The molecule has 1 fully saturated rings. The third kappa shape index (κ3) is 4.17. The van der Waals surface area contributed by atoms with Gasteiger partial charge in [0.2, 0.25) is 11.0 Å². The first kappa shape index (κ1) is 21.0. The highest BCUT2D eigenvalue weighted by atomic mass is 32.2. The van der Waals surface area contributed by atoms with Crippen LogP contribution in [0.5, 0.6) is 5.75 Å². The van der Waals surface area contributed by atoms with Gasteiger partial charge in [0.05, 0.1) is 0 Å². The molecule has 4 rings (SSSR count). The van der Waals surface area contributed by atoms with Crippen molar-refractivity contribution in [2.75, 3.05) is 10.7 Å². The summed E-state index contributed by atoms with van der Waals surface area (Å²) in [5.74, 6) is -2.22. The van der Waals surface area contributed by atoms with Gasteiger partial charge in [-0.1, -0.05) is 12.1 Å². The molecule has 3 atom stereocenters. The molecule has 5 nitrogen and oxygen atoms in total. The van der Waals surface area contributed by atoms with Gasteiger partial charge < -0.3 is 9.66 Å². The van der Waals surface area contributed by atoms with Gasteiger partial charge in [0.25, 0.3) is 5.91 Å². The zero-order valence-corrected chi connectivity index (χ0v) is 16.9. The highest BCUT2D eigenvalue weighted by Crippen LogP contribution is 2.43. The summed E-state index contributed by atoms with van der Waals surface area (Å²) in [5.41, 5.74) is 1.26. The molecule has 1 heterocycles. The van der Waals surface area contributed by atoms with Crippen LogP contribution < -0.4 is 4.90 Å². The van der Waals surface area contributed by atoms with E-state index in [1.807, 2.05) is 0 Å². The van der Waals surface area contributed by atoms with Gasteiger partial charge in [-0.15, -0.1) is 0 Å². The van der Waals surface area contributed by atoms with Crippen LogP contribution in [0.15, 0.2) is 72.8 Å². The van der Waals surface area contributed by atoms with E-state index in [1.165, 1.54) is 53.4 Å². The molecule has 1 saturated heterocycles. The molecule has 0 aromatic heterocycles. The predicted molar refractivity (Wildman–Crippen MR) is 112 cm³/mol. The standard InChI is InChI=1S/C23H17F2NO4S/c24-16-5-1-14(2-6-16)20(28)13-31(30)22-21(15-3-11-19(27)12-4-15)26(23(22)29)18-9-7-17(25)8-10-18/h1-12,21-22,27H,13H2/t21-,22-,31?/m1/s1.